The Hall–Kier alpha value is -3.55. The van der Waals surface area contributed by atoms with Crippen LogP contribution in [0.15, 0.2) is 47.0 Å². The van der Waals surface area contributed by atoms with Crippen LogP contribution in [0.5, 0.6) is 17.2 Å². The van der Waals surface area contributed by atoms with Crippen molar-refractivity contribution in [3.05, 3.63) is 53.9 Å². The van der Waals surface area contributed by atoms with Gasteiger partial charge < -0.3 is 23.5 Å². The molecule has 0 aliphatic heterocycles. The van der Waals surface area contributed by atoms with E-state index in [1.54, 1.807) is 56.7 Å². The van der Waals surface area contributed by atoms with Crippen molar-refractivity contribution in [2.24, 2.45) is 0 Å². The first kappa shape index (κ1) is 21.2. The molecule has 2 aromatic carbocycles. The molecule has 0 atom stereocenters. The molecule has 0 radical (unpaired) electrons. The molecular formula is C22H24N2O6. The van der Waals surface area contributed by atoms with E-state index in [4.69, 9.17) is 23.5 Å². The lowest BCUT2D eigenvalue weighted by atomic mass is 10.2. The van der Waals surface area contributed by atoms with E-state index in [0.717, 1.165) is 18.6 Å². The van der Waals surface area contributed by atoms with Gasteiger partial charge in [-0.25, -0.2) is 4.79 Å². The van der Waals surface area contributed by atoms with Gasteiger partial charge in [-0.1, -0.05) is 18.5 Å². The number of methoxy groups -OCH3 is 2. The number of hydrogen-bond acceptors (Lipinski definition) is 8. The molecule has 1 aromatic heterocycles. The van der Waals surface area contributed by atoms with E-state index < -0.39 is 5.97 Å². The second-order valence-corrected chi connectivity index (χ2v) is 6.38. The lowest BCUT2D eigenvalue weighted by Gasteiger charge is -2.07. The number of benzene rings is 2. The fraction of sp³-hybridized carbons (Fsp3) is 0.318. The van der Waals surface area contributed by atoms with E-state index in [2.05, 4.69) is 17.1 Å². The standard InChI is InChI=1S/C22H24N2O6/c1-4-5-12-28-16-8-6-15(7-9-16)22(25)29-14-20-23-21(24-30-20)18-11-10-17(26-2)13-19(18)27-3/h6-11,13H,4-5,12,14H2,1-3H3. The highest BCUT2D eigenvalue weighted by molar-refractivity contribution is 5.89. The van der Waals surface area contributed by atoms with Crippen molar-refractivity contribution in [2.75, 3.05) is 20.8 Å². The Morgan fingerprint density at radius 2 is 1.80 bits per heavy atom. The first-order valence-electron chi connectivity index (χ1n) is 9.59. The third kappa shape index (κ3) is 5.28. The maximum absolute atomic E-state index is 12.3. The smallest absolute Gasteiger partial charge is 0.338 e. The first-order chi connectivity index (χ1) is 14.6. The van der Waals surface area contributed by atoms with Gasteiger partial charge in [-0.2, -0.15) is 4.98 Å². The highest BCUT2D eigenvalue weighted by Crippen LogP contribution is 2.31. The molecule has 0 spiro atoms. The van der Waals surface area contributed by atoms with Gasteiger partial charge in [-0.15, -0.1) is 0 Å². The van der Waals surface area contributed by atoms with Crippen molar-refractivity contribution < 1.29 is 28.3 Å². The second kappa shape index (κ2) is 10.3. The van der Waals surface area contributed by atoms with Gasteiger partial charge in [0.05, 0.1) is 32.0 Å². The SMILES string of the molecule is CCCCOc1ccc(C(=O)OCc2nc(-c3ccc(OC)cc3OC)no2)cc1. The number of carbonyl (C=O) groups is 1. The van der Waals surface area contributed by atoms with Crippen LogP contribution in [-0.2, 0) is 11.3 Å². The largest absolute Gasteiger partial charge is 0.497 e. The van der Waals surface area contributed by atoms with Gasteiger partial charge in [0.15, 0.2) is 6.61 Å². The summed E-state index contributed by atoms with van der Waals surface area (Å²) >= 11 is 0. The summed E-state index contributed by atoms with van der Waals surface area (Å²) in [6.07, 6.45) is 2.05. The average Bonchev–Trinajstić information content (AvgIpc) is 3.26. The van der Waals surface area contributed by atoms with Crippen LogP contribution in [0.4, 0.5) is 0 Å². The van der Waals surface area contributed by atoms with Crippen molar-refractivity contribution in [2.45, 2.75) is 26.4 Å². The minimum Gasteiger partial charge on any atom is -0.497 e. The van der Waals surface area contributed by atoms with Crippen molar-refractivity contribution in [1.29, 1.82) is 0 Å². The van der Waals surface area contributed by atoms with Crippen LogP contribution in [0.3, 0.4) is 0 Å². The predicted molar refractivity (Wildman–Crippen MR) is 109 cm³/mol. The Morgan fingerprint density at radius 1 is 1.03 bits per heavy atom. The van der Waals surface area contributed by atoms with Crippen molar-refractivity contribution in [1.82, 2.24) is 10.1 Å². The fourth-order valence-corrected chi connectivity index (χ4v) is 2.64. The molecule has 0 saturated heterocycles. The van der Waals surface area contributed by atoms with Crippen molar-refractivity contribution in [3.63, 3.8) is 0 Å². The third-order valence-corrected chi connectivity index (χ3v) is 4.30. The van der Waals surface area contributed by atoms with Gasteiger partial charge in [-0.05, 0) is 42.8 Å². The number of aromatic nitrogens is 2. The van der Waals surface area contributed by atoms with Crippen LogP contribution in [0.1, 0.15) is 36.0 Å². The number of ether oxygens (including phenoxy) is 4. The van der Waals surface area contributed by atoms with Gasteiger partial charge >= 0.3 is 5.97 Å². The molecule has 0 amide bonds. The molecule has 0 N–H and O–H groups in total. The number of esters is 1. The van der Waals surface area contributed by atoms with Crippen LogP contribution in [0.2, 0.25) is 0 Å². The normalized spacial score (nSPS) is 10.5. The highest BCUT2D eigenvalue weighted by Gasteiger charge is 2.16. The average molecular weight is 412 g/mol. The Morgan fingerprint density at radius 3 is 2.50 bits per heavy atom. The quantitative estimate of drug-likeness (QED) is 0.360. The van der Waals surface area contributed by atoms with Gasteiger partial charge in [0.1, 0.15) is 17.2 Å². The molecule has 8 heteroatoms. The summed E-state index contributed by atoms with van der Waals surface area (Å²) in [6.45, 7) is 2.61. The van der Waals surface area contributed by atoms with Gasteiger partial charge in [0.25, 0.3) is 5.89 Å². The zero-order chi connectivity index (χ0) is 21.3. The number of carbonyl (C=O) groups excluding carboxylic acids is 1. The zero-order valence-corrected chi connectivity index (χ0v) is 17.2. The van der Waals surface area contributed by atoms with Crippen molar-refractivity contribution >= 4 is 5.97 Å². The summed E-state index contributed by atoms with van der Waals surface area (Å²) in [4.78, 5) is 16.5. The Balaban J connectivity index is 1.59. The molecule has 3 aromatic rings. The van der Waals surface area contributed by atoms with E-state index in [1.165, 1.54) is 0 Å². The van der Waals surface area contributed by atoms with E-state index in [0.29, 0.717) is 35.1 Å². The molecule has 1 heterocycles. The second-order valence-electron chi connectivity index (χ2n) is 6.38. The Labute approximate surface area is 174 Å². The van der Waals surface area contributed by atoms with E-state index in [9.17, 15) is 4.79 Å². The van der Waals surface area contributed by atoms with Crippen molar-refractivity contribution in [3.8, 4) is 28.6 Å². The van der Waals surface area contributed by atoms with E-state index >= 15 is 0 Å². The Kier molecular flexibility index (Phi) is 7.26. The molecule has 0 aliphatic rings. The fourth-order valence-electron chi connectivity index (χ4n) is 2.64. The minimum atomic E-state index is -0.489. The summed E-state index contributed by atoms with van der Waals surface area (Å²) in [5.41, 5.74) is 1.05. The molecule has 0 aliphatic carbocycles. The summed E-state index contributed by atoms with van der Waals surface area (Å²) in [5, 5.41) is 3.93. The molecule has 8 nitrogen and oxygen atoms in total. The van der Waals surface area contributed by atoms with Crippen LogP contribution in [0.25, 0.3) is 11.4 Å². The summed E-state index contributed by atoms with van der Waals surface area (Å²) < 4.78 is 26.6. The van der Waals surface area contributed by atoms with E-state index in [-0.39, 0.29) is 12.5 Å². The molecule has 0 unspecified atom stereocenters. The van der Waals surface area contributed by atoms with Gasteiger partial charge in [0, 0.05) is 6.07 Å². The molecule has 0 saturated carbocycles. The summed E-state index contributed by atoms with van der Waals surface area (Å²) in [7, 11) is 3.11. The summed E-state index contributed by atoms with van der Waals surface area (Å²) in [5.74, 6) is 1.92. The minimum absolute atomic E-state index is 0.140. The zero-order valence-electron chi connectivity index (χ0n) is 17.2. The lowest BCUT2D eigenvalue weighted by molar-refractivity contribution is 0.0430. The lowest BCUT2D eigenvalue weighted by Crippen LogP contribution is -2.05. The molecule has 0 fully saturated rings. The third-order valence-electron chi connectivity index (χ3n) is 4.30. The van der Waals surface area contributed by atoms with Crippen LogP contribution >= 0.6 is 0 Å². The Bertz CT molecular complexity index is 968. The monoisotopic (exact) mass is 412 g/mol. The van der Waals surface area contributed by atoms with Crippen LogP contribution in [0, 0.1) is 0 Å². The maximum Gasteiger partial charge on any atom is 0.338 e. The summed E-state index contributed by atoms with van der Waals surface area (Å²) in [6, 6.07) is 12.1. The number of hydrogen-bond donors (Lipinski definition) is 0. The number of unbranched alkanes of at least 4 members (excludes halogenated alkanes) is 1. The molecule has 3 rings (SSSR count). The predicted octanol–water partition coefficient (Wildman–Crippen LogP) is 4.29. The molecular weight excluding hydrogens is 388 g/mol. The maximum atomic E-state index is 12.3. The molecule has 0 bridgehead atoms. The topological polar surface area (TPSA) is 92.9 Å². The number of rotatable bonds is 10. The van der Waals surface area contributed by atoms with Gasteiger partial charge in [-0.3, -0.25) is 0 Å². The van der Waals surface area contributed by atoms with Crippen LogP contribution in [-0.4, -0.2) is 36.9 Å². The number of nitrogens with zero attached hydrogens (tertiary/aromatic N) is 2. The van der Waals surface area contributed by atoms with Crippen LogP contribution < -0.4 is 14.2 Å². The highest BCUT2D eigenvalue weighted by atomic mass is 16.6. The molecule has 30 heavy (non-hydrogen) atoms. The first-order valence-corrected chi connectivity index (χ1v) is 9.59. The van der Waals surface area contributed by atoms with Gasteiger partial charge in [0.2, 0.25) is 5.82 Å². The van der Waals surface area contributed by atoms with E-state index in [1.807, 2.05) is 0 Å². The molecule has 158 valence electrons.